The molecule has 1 unspecified atom stereocenters. The van der Waals surface area contributed by atoms with Gasteiger partial charge in [0.05, 0.1) is 24.3 Å². The molecule has 1 amide bonds. The molecule has 1 atom stereocenters. The number of aromatic nitrogens is 1. The molecule has 84 valence electrons. The molecule has 5 nitrogen and oxygen atoms in total. The molecule has 0 radical (unpaired) electrons. The van der Waals surface area contributed by atoms with Crippen LogP contribution in [0.5, 0.6) is 5.75 Å². The molecule has 16 heavy (non-hydrogen) atoms. The Hall–Kier alpha value is -2.09. The molecular formula is C11H13N3O2. The maximum atomic E-state index is 11.9. The van der Waals surface area contributed by atoms with Crippen LogP contribution in [0.15, 0.2) is 18.5 Å². The highest BCUT2D eigenvalue weighted by Crippen LogP contribution is 2.12. The van der Waals surface area contributed by atoms with Crippen molar-refractivity contribution >= 4 is 5.91 Å². The first-order valence-corrected chi connectivity index (χ1v) is 4.84. The van der Waals surface area contributed by atoms with Crippen molar-refractivity contribution in [2.45, 2.75) is 19.4 Å². The number of nitriles is 1. The quantitative estimate of drug-likeness (QED) is 0.827. The van der Waals surface area contributed by atoms with Crippen LogP contribution < -0.4 is 0 Å². The lowest BCUT2D eigenvalue weighted by Crippen LogP contribution is -2.34. The average Bonchev–Trinajstić information content (AvgIpc) is 2.27. The van der Waals surface area contributed by atoms with Gasteiger partial charge in [-0.25, -0.2) is 0 Å². The number of pyridine rings is 1. The minimum atomic E-state index is -0.258. The summed E-state index contributed by atoms with van der Waals surface area (Å²) in [5, 5.41) is 17.7. The normalized spacial score (nSPS) is 11.6. The second kappa shape index (κ2) is 5.12. The summed E-state index contributed by atoms with van der Waals surface area (Å²) in [5.74, 6) is -0.307. The summed E-state index contributed by atoms with van der Waals surface area (Å²) in [5.41, 5.74) is 0.312. The van der Waals surface area contributed by atoms with E-state index < -0.39 is 0 Å². The van der Waals surface area contributed by atoms with Gasteiger partial charge in [0.15, 0.2) is 0 Å². The van der Waals surface area contributed by atoms with Gasteiger partial charge in [-0.15, -0.1) is 0 Å². The maximum Gasteiger partial charge on any atom is 0.255 e. The van der Waals surface area contributed by atoms with Gasteiger partial charge in [-0.2, -0.15) is 5.26 Å². The van der Waals surface area contributed by atoms with Crippen molar-refractivity contribution < 1.29 is 9.90 Å². The van der Waals surface area contributed by atoms with E-state index in [4.69, 9.17) is 5.26 Å². The number of nitrogens with zero attached hydrogens (tertiary/aromatic N) is 3. The highest BCUT2D eigenvalue weighted by molar-refractivity contribution is 5.94. The average molecular weight is 219 g/mol. The van der Waals surface area contributed by atoms with Gasteiger partial charge in [0.1, 0.15) is 5.75 Å². The summed E-state index contributed by atoms with van der Waals surface area (Å²) in [6.45, 7) is 1.79. The van der Waals surface area contributed by atoms with Gasteiger partial charge in [0.2, 0.25) is 0 Å². The molecule has 0 aliphatic rings. The van der Waals surface area contributed by atoms with Gasteiger partial charge in [0.25, 0.3) is 5.91 Å². The Bertz CT molecular complexity index is 425. The van der Waals surface area contributed by atoms with Gasteiger partial charge in [-0.05, 0) is 13.0 Å². The molecule has 0 fully saturated rings. The monoisotopic (exact) mass is 219 g/mol. The third kappa shape index (κ3) is 2.70. The second-order valence-corrected chi connectivity index (χ2v) is 3.56. The molecular weight excluding hydrogens is 206 g/mol. The van der Waals surface area contributed by atoms with E-state index in [1.54, 1.807) is 14.0 Å². The summed E-state index contributed by atoms with van der Waals surface area (Å²) in [6, 6.07) is 3.19. The molecule has 0 aliphatic carbocycles. The third-order valence-electron chi connectivity index (χ3n) is 2.34. The van der Waals surface area contributed by atoms with Crippen LogP contribution >= 0.6 is 0 Å². The molecule has 1 heterocycles. The molecule has 1 aromatic heterocycles. The summed E-state index contributed by atoms with van der Waals surface area (Å²) >= 11 is 0. The van der Waals surface area contributed by atoms with Gasteiger partial charge in [-0.3, -0.25) is 9.78 Å². The minimum Gasteiger partial charge on any atom is -0.506 e. The fourth-order valence-corrected chi connectivity index (χ4v) is 1.22. The van der Waals surface area contributed by atoms with Crippen LogP contribution in [0.25, 0.3) is 0 Å². The largest absolute Gasteiger partial charge is 0.506 e. The fourth-order valence-electron chi connectivity index (χ4n) is 1.22. The third-order valence-corrected chi connectivity index (χ3v) is 2.34. The predicted octanol–water partition coefficient (Wildman–Crippen LogP) is 1.16. The Morgan fingerprint density at radius 1 is 1.69 bits per heavy atom. The maximum absolute atomic E-state index is 11.9. The number of hydrogen-bond donors (Lipinski definition) is 1. The molecule has 1 N–H and O–H groups in total. The predicted molar refractivity (Wildman–Crippen MR) is 57.7 cm³/mol. The Morgan fingerprint density at radius 3 is 2.94 bits per heavy atom. The van der Waals surface area contributed by atoms with Crippen LogP contribution in [0, 0.1) is 11.3 Å². The Labute approximate surface area is 93.9 Å². The van der Waals surface area contributed by atoms with E-state index in [1.165, 1.54) is 23.4 Å². The summed E-state index contributed by atoms with van der Waals surface area (Å²) < 4.78 is 0. The zero-order valence-corrected chi connectivity index (χ0v) is 9.21. The molecule has 1 aromatic rings. The Morgan fingerprint density at radius 2 is 2.38 bits per heavy atom. The summed E-state index contributed by atoms with van der Waals surface area (Å²) in [7, 11) is 1.62. The molecule has 0 aromatic carbocycles. The SMILES string of the molecule is CC(CC#N)N(C)C(=O)c1cncc(O)c1. The zero-order valence-electron chi connectivity index (χ0n) is 9.21. The minimum absolute atomic E-state index is 0.0489. The van der Waals surface area contributed by atoms with Crippen molar-refractivity contribution in [1.29, 1.82) is 5.26 Å². The van der Waals surface area contributed by atoms with Crippen LogP contribution in [0.1, 0.15) is 23.7 Å². The lowest BCUT2D eigenvalue weighted by Gasteiger charge is -2.22. The van der Waals surface area contributed by atoms with E-state index >= 15 is 0 Å². The Kier molecular flexibility index (Phi) is 3.84. The molecule has 0 spiro atoms. The van der Waals surface area contributed by atoms with Gasteiger partial charge in [0, 0.05) is 19.3 Å². The van der Waals surface area contributed by atoms with Gasteiger partial charge >= 0.3 is 0 Å². The highest BCUT2D eigenvalue weighted by Gasteiger charge is 2.17. The first-order valence-electron chi connectivity index (χ1n) is 4.84. The number of aromatic hydroxyl groups is 1. The van der Waals surface area contributed by atoms with E-state index in [1.807, 2.05) is 6.07 Å². The Balaban J connectivity index is 2.82. The first-order chi connectivity index (χ1) is 7.56. The number of amides is 1. The number of carbonyl (C=O) groups is 1. The second-order valence-electron chi connectivity index (χ2n) is 3.56. The molecule has 1 rings (SSSR count). The van der Waals surface area contributed by atoms with Crippen LogP contribution in [-0.4, -0.2) is 34.0 Å². The summed E-state index contributed by atoms with van der Waals surface area (Å²) in [4.78, 5) is 17.1. The number of rotatable bonds is 3. The molecule has 0 saturated carbocycles. The topological polar surface area (TPSA) is 77.2 Å². The van der Waals surface area contributed by atoms with Crippen molar-refractivity contribution in [2.24, 2.45) is 0 Å². The molecule has 0 saturated heterocycles. The molecule has 5 heteroatoms. The van der Waals surface area contributed by atoms with Crippen LogP contribution in [0.2, 0.25) is 0 Å². The summed E-state index contributed by atoms with van der Waals surface area (Å²) in [6.07, 6.45) is 2.92. The van der Waals surface area contributed by atoms with Gasteiger partial charge in [-0.1, -0.05) is 0 Å². The molecule has 0 aliphatic heterocycles. The van der Waals surface area contributed by atoms with Crippen molar-refractivity contribution in [3.8, 4) is 11.8 Å². The number of hydrogen-bond acceptors (Lipinski definition) is 4. The lowest BCUT2D eigenvalue weighted by atomic mass is 10.2. The first kappa shape index (κ1) is 12.0. The lowest BCUT2D eigenvalue weighted by molar-refractivity contribution is 0.0745. The van der Waals surface area contributed by atoms with Crippen molar-refractivity contribution in [1.82, 2.24) is 9.88 Å². The smallest absolute Gasteiger partial charge is 0.255 e. The van der Waals surface area contributed by atoms with Crippen molar-refractivity contribution in [2.75, 3.05) is 7.05 Å². The van der Waals surface area contributed by atoms with Gasteiger partial charge < -0.3 is 10.0 Å². The van der Waals surface area contributed by atoms with E-state index in [0.29, 0.717) is 5.56 Å². The van der Waals surface area contributed by atoms with E-state index in [2.05, 4.69) is 4.98 Å². The van der Waals surface area contributed by atoms with Crippen LogP contribution in [0.3, 0.4) is 0 Å². The standard InChI is InChI=1S/C11H13N3O2/c1-8(3-4-12)14(2)11(16)9-5-10(15)7-13-6-9/h5-8,15H,3H2,1-2H3. The van der Waals surface area contributed by atoms with Crippen molar-refractivity contribution in [3.63, 3.8) is 0 Å². The zero-order chi connectivity index (χ0) is 12.1. The number of carbonyl (C=O) groups excluding carboxylic acids is 1. The molecule has 0 bridgehead atoms. The van der Waals surface area contributed by atoms with E-state index in [-0.39, 0.29) is 24.1 Å². The van der Waals surface area contributed by atoms with E-state index in [9.17, 15) is 9.90 Å². The van der Waals surface area contributed by atoms with E-state index in [0.717, 1.165) is 0 Å². The van der Waals surface area contributed by atoms with Crippen molar-refractivity contribution in [3.05, 3.63) is 24.0 Å². The fraction of sp³-hybridized carbons (Fsp3) is 0.364. The highest BCUT2D eigenvalue weighted by atomic mass is 16.3. The van der Waals surface area contributed by atoms with Crippen LogP contribution in [-0.2, 0) is 0 Å². The van der Waals surface area contributed by atoms with Crippen LogP contribution in [0.4, 0.5) is 0 Å².